The van der Waals surface area contributed by atoms with Gasteiger partial charge in [-0.05, 0) is 56.5 Å². The molecule has 4 aromatic rings. The number of fused-ring (bicyclic) bond motifs is 1. The van der Waals surface area contributed by atoms with Crippen molar-refractivity contribution in [1.29, 1.82) is 0 Å². The Bertz CT molecular complexity index is 1630. The topological polar surface area (TPSA) is 102 Å². The number of ether oxygens (including phenoxy) is 1. The molecule has 0 saturated carbocycles. The van der Waals surface area contributed by atoms with Crippen LogP contribution in [0.25, 0.3) is 22.0 Å². The first-order chi connectivity index (χ1) is 19.4. The van der Waals surface area contributed by atoms with Gasteiger partial charge in [0.1, 0.15) is 23.8 Å². The highest BCUT2D eigenvalue weighted by molar-refractivity contribution is 6.00. The lowest BCUT2D eigenvalue weighted by Crippen LogP contribution is -2.33. The Labute approximate surface area is 236 Å². The van der Waals surface area contributed by atoms with Crippen LogP contribution in [0.4, 0.5) is 14.6 Å². The Balaban J connectivity index is 1.40. The maximum Gasteiger partial charge on any atom is 0.303 e. The minimum atomic E-state index is -0.926. The van der Waals surface area contributed by atoms with Gasteiger partial charge < -0.3 is 19.1 Å². The van der Waals surface area contributed by atoms with Crippen molar-refractivity contribution in [3.05, 3.63) is 71.4 Å². The molecule has 1 aliphatic rings. The number of piperidine rings is 1. The second kappa shape index (κ2) is 10.9. The maximum atomic E-state index is 14.9. The third-order valence-electron chi connectivity index (χ3n) is 7.33. The molecule has 1 amide bonds. The number of halogens is 2. The third-order valence-corrected chi connectivity index (χ3v) is 7.33. The summed E-state index contributed by atoms with van der Waals surface area (Å²) in [6.07, 6.45) is 2.92. The summed E-state index contributed by atoms with van der Waals surface area (Å²) in [6, 6.07) is 8.76. The zero-order chi connectivity index (χ0) is 29.5. The number of anilines is 1. The standard InChI is InChI=1S/C30H31F2N5O4/c1-17(38)40-30(2,3)26-15-25(35-41-26)18-8-10-37(11-9-18)28-23-14-20(31)13-22(27(23)33-16-34-28)19-6-7-21(24(32)12-19)29(39)36(4)5/h6-7,12-16,18H,8-11H2,1-5H3. The van der Waals surface area contributed by atoms with Gasteiger partial charge in [-0.3, -0.25) is 9.59 Å². The Morgan fingerprint density at radius 3 is 2.46 bits per heavy atom. The van der Waals surface area contributed by atoms with E-state index in [0.29, 0.717) is 46.7 Å². The van der Waals surface area contributed by atoms with Crippen LogP contribution in [0.5, 0.6) is 0 Å². The average molecular weight is 564 g/mol. The first-order valence-corrected chi connectivity index (χ1v) is 13.3. The van der Waals surface area contributed by atoms with E-state index in [1.165, 1.54) is 42.4 Å². The van der Waals surface area contributed by atoms with Gasteiger partial charge >= 0.3 is 5.97 Å². The summed E-state index contributed by atoms with van der Waals surface area (Å²) in [7, 11) is 3.10. The largest absolute Gasteiger partial charge is 0.452 e. The van der Waals surface area contributed by atoms with E-state index in [-0.39, 0.29) is 11.5 Å². The number of hydrogen-bond donors (Lipinski definition) is 0. The summed E-state index contributed by atoms with van der Waals surface area (Å²) in [5.41, 5.74) is 1.10. The van der Waals surface area contributed by atoms with Crippen molar-refractivity contribution in [1.82, 2.24) is 20.0 Å². The van der Waals surface area contributed by atoms with Gasteiger partial charge in [-0.1, -0.05) is 11.2 Å². The van der Waals surface area contributed by atoms with Gasteiger partial charge in [-0.2, -0.15) is 0 Å². The highest BCUT2D eigenvalue weighted by Crippen LogP contribution is 2.37. The summed E-state index contributed by atoms with van der Waals surface area (Å²) in [4.78, 5) is 36.0. The Hall–Kier alpha value is -4.41. The monoisotopic (exact) mass is 563 g/mol. The lowest BCUT2D eigenvalue weighted by molar-refractivity contribution is -0.156. The fraction of sp³-hybridized carbons (Fsp3) is 0.367. The van der Waals surface area contributed by atoms with Crippen molar-refractivity contribution in [2.45, 2.75) is 45.1 Å². The van der Waals surface area contributed by atoms with E-state index in [0.717, 1.165) is 18.5 Å². The fourth-order valence-electron chi connectivity index (χ4n) is 5.25. The zero-order valence-electron chi connectivity index (χ0n) is 23.6. The van der Waals surface area contributed by atoms with E-state index in [9.17, 15) is 18.4 Å². The number of aromatic nitrogens is 3. The predicted molar refractivity (Wildman–Crippen MR) is 148 cm³/mol. The molecule has 2 aromatic heterocycles. The molecule has 1 saturated heterocycles. The number of carbonyl (C=O) groups excluding carboxylic acids is 2. The Morgan fingerprint density at radius 2 is 1.80 bits per heavy atom. The van der Waals surface area contributed by atoms with Gasteiger partial charge in [0.15, 0.2) is 11.4 Å². The summed E-state index contributed by atoms with van der Waals surface area (Å²) in [5, 5.41) is 4.75. The van der Waals surface area contributed by atoms with Gasteiger partial charge in [-0.25, -0.2) is 18.7 Å². The molecule has 0 spiro atoms. The van der Waals surface area contributed by atoms with Crippen LogP contribution in [0, 0.1) is 11.6 Å². The fourth-order valence-corrected chi connectivity index (χ4v) is 5.25. The molecule has 11 heteroatoms. The highest BCUT2D eigenvalue weighted by Gasteiger charge is 2.32. The van der Waals surface area contributed by atoms with Crippen LogP contribution in [0.2, 0.25) is 0 Å². The van der Waals surface area contributed by atoms with E-state index in [1.54, 1.807) is 34.0 Å². The smallest absolute Gasteiger partial charge is 0.303 e. The molecular weight excluding hydrogens is 532 g/mol. The van der Waals surface area contributed by atoms with Crippen LogP contribution >= 0.6 is 0 Å². The van der Waals surface area contributed by atoms with Crippen LogP contribution in [0.3, 0.4) is 0 Å². The van der Waals surface area contributed by atoms with Crippen LogP contribution in [-0.2, 0) is 15.1 Å². The normalized spacial score (nSPS) is 14.4. The molecule has 0 N–H and O–H groups in total. The first-order valence-electron chi connectivity index (χ1n) is 13.3. The van der Waals surface area contributed by atoms with Crippen molar-refractivity contribution >= 4 is 28.6 Å². The van der Waals surface area contributed by atoms with Crippen LogP contribution in [-0.4, -0.2) is 59.1 Å². The molecule has 0 aliphatic carbocycles. The lowest BCUT2D eigenvalue weighted by Gasteiger charge is -2.32. The van der Waals surface area contributed by atoms with Crippen molar-refractivity contribution in [3.63, 3.8) is 0 Å². The van der Waals surface area contributed by atoms with E-state index >= 15 is 0 Å². The zero-order valence-corrected chi connectivity index (χ0v) is 23.6. The Kier molecular flexibility index (Phi) is 7.46. The van der Waals surface area contributed by atoms with Crippen molar-refractivity contribution in [3.8, 4) is 11.1 Å². The molecule has 1 aliphatic heterocycles. The summed E-state index contributed by atoms with van der Waals surface area (Å²) >= 11 is 0. The van der Waals surface area contributed by atoms with E-state index < -0.39 is 29.1 Å². The summed E-state index contributed by atoms with van der Waals surface area (Å²) < 4.78 is 40.7. The first kappa shape index (κ1) is 28.1. The van der Waals surface area contributed by atoms with Crippen molar-refractivity contribution < 1.29 is 27.6 Å². The number of hydrogen-bond acceptors (Lipinski definition) is 8. The number of benzene rings is 2. The van der Waals surface area contributed by atoms with E-state index in [1.807, 2.05) is 6.07 Å². The predicted octanol–water partition coefficient (Wildman–Crippen LogP) is 5.45. The lowest BCUT2D eigenvalue weighted by atomic mass is 9.92. The molecule has 1 fully saturated rings. The van der Waals surface area contributed by atoms with Gasteiger partial charge in [0.2, 0.25) is 0 Å². The summed E-state index contributed by atoms with van der Waals surface area (Å²) in [5.74, 6) is -0.860. The third kappa shape index (κ3) is 5.61. The molecule has 0 atom stereocenters. The van der Waals surface area contributed by atoms with Gasteiger partial charge in [0.25, 0.3) is 5.91 Å². The maximum absolute atomic E-state index is 14.9. The molecule has 2 aromatic carbocycles. The second-order valence-corrected chi connectivity index (χ2v) is 10.9. The molecule has 0 unspecified atom stereocenters. The molecule has 0 radical (unpaired) electrons. The SMILES string of the molecule is CC(=O)OC(C)(C)c1cc(C2CCN(c3ncnc4c(-c5ccc(C(=O)N(C)C)c(F)c5)cc(F)cc34)CC2)no1. The van der Waals surface area contributed by atoms with E-state index in [4.69, 9.17) is 9.26 Å². The minimum Gasteiger partial charge on any atom is -0.452 e. The average Bonchev–Trinajstić information content (AvgIpc) is 3.43. The quantitative estimate of drug-likeness (QED) is 0.286. The van der Waals surface area contributed by atoms with Crippen LogP contribution < -0.4 is 4.90 Å². The highest BCUT2D eigenvalue weighted by atomic mass is 19.1. The number of amides is 1. The van der Waals surface area contributed by atoms with E-state index in [2.05, 4.69) is 20.0 Å². The minimum absolute atomic E-state index is 0.0631. The van der Waals surface area contributed by atoms with Crippen molar-refractivity contribution in [2.75, 3.05) is 32.1 Å². The molecule has 214 valence electrons. The Morgan fingerprint density at radius 1 is 1.07 bits per heavy atom. The molecule has 5 rings (SSSR count). The molecule has 9 nitrogen and oxygen atoms in total. The van der Waals surface area contributed by atoms with Crippen LogP contribution in [0.15, 0.2) is 47.2 Å². The molecule has 0 bridgehead atoms. The number of carbonyl (C=O) groups is 2. The number of rotatable bonds is 6. The number of esters is 1. The van der Waals surface area contributed by atoms with Gasteiger partial charge in [0.05, 0.1) is 16.8 Å². The summed E-state index contributed by atoms with van der Waals surface area (Å²) in [6.45, 7) is 6.12. The number of nitrogens with zero attached hydrogens (tertiary/aromatic N) is 5. The van der Waals surface area contributed by atoms with Gasteiger partial charge in [0, 0.05) is 57.0 Å². The van der Waals surface area contributed by atoms with Gasteiger partial charge in [-0.15, -0.1) is 0 Å². The second-order valence-electron chi connectivity index (χ2n) is 10.9. The van der Waals surface area contributed by atoms with Crippen LogP contribution in [0.1, 0.15) is 61.3 Å². The van der Waals surface area contributed by atoms with Crippen molar-refractivity contribution in [2.24, 2.45) is 0 Å². The molecular formula is C30H31F2N5O4. The molecule has 41 heavy (non-hydrogen) atoms. The molecule has 3 heterocycles.